The Kier molecular flexibility index (Phi) is 4.57. The molecule has 1 aromatic heterocycles. The monoisotopic (exact) mass is 352 g/mol. The molecule has 0 saturated carbocycles. The van der Waals surface area contributed by atoms with E-state index in [0.29, 0.717) is 11.1 Å². The van der Waals surface area contributed by atoms with Gasteiger partial charge in [0.2, 0.25) is 0 Å². The predicted molar refractivity (Wildman–Crippen MR) is 77.2 cm³/mol. The van der Waals surface area contributed by atoms with Crippen molar-refractivity contribution >= 4 is 34.2 Å². The van der Waals surface area contributed by atoms with E-state index in [9.17, 15) is 0 Å². The van der Waals surface area contributed by atoms with E-state index in [1.807, 2.05) is 0 Å². The summed E-state index contributed by atoms with van der Waals surface area (Å²) in [7, 11) is 0. The van der Waals surface area contributed by atoms with Crippen molar-refractivity contribution in [3.8, 4) is 0 Å². The minimum atomic E-state index is 0.00527. The van der Waals surface area contributed by atoms with Crippen molar-refractivity contribution in [1.29, 1.82) is 0 Å². The first-order chi connectivity index (χ1) is 7.27. The summed E-state index contributed by atoms with van der Waals surface area (Å²) in [6, 6.07) is 0. The highest BCUT2D eigenvalue weighted by molar-refractivity contribution is 14.1. The molecule has 0 bridgehead atoms. The van der Waals surface area contributed by atoms with E-state index < -0.39 is 0 Å². The average molecular weight is 353 g/mol. The lowest BCUT2D eigenvalue weighted by molar-refractivity contribution is 0.549. The molecule has 1 rings (SSSR count). The summed E-state index contributed by atoms with van der Waals surface area (Å²) in [5.74, 6) is 1.22. The van der Waals surface area contributed by atoms with Crippen LogP contribution in [0.3, 0.4) is 0 Å². The second kappa shape index (κ2) is 5.17. The van der Waals surface area contributed by atoms with Crippen LogP contribution >= 0.6 is 34.2 Å². The third kappa shape index (κ3) is 3.06. The Morgan fingerprint density at radius 1 is 1.31 bits per heavy atom. The summed E-state index contributed by atoms with van der Waals surface area (Å²) in [6.07, 6.45) is 1.03. The summed E-state index contributed by atoms with van der Waals surface area (Å²) in [6.45, 7) is 10.7. The molecule has 0 aliphatic rings. The van der Waals surface area contributed by atoms with E-state index in [2.05, 4.69) is 67.2 Å². The van der Waals surface area contributed by atoms with Gasteiger partial charge < -0.3 is 0 Å². The first-order valence-electron chi connectivity index (χ1n) is 5.50. The second-order valence-corrected chi connectivity index (χ2v) is 6.53. The van der Waals surface area contributed by atoms with E-state index in [0.717, 1.165) is 21.5 Å². The van der Waals surface area contributed by atoms with Crippen LogP contribution in [0.25, 0.3) is 0 Å². The number of aromatic nitrogens is 2. The molecule has 0 aromatic carbocycles. The van der Waals surface area contributed by atoms with E-state index in [1.54, 1.807) is 0 Å². The molecule has 16 heavy (non-hydrogen) atoms. The standard InChI is InChI=1S/C12H18ClIN2/c1-6-7(2)11-15-9(12(3,4)5)8(14)10(13)16-11/h7H,6H2,1-5H3. The van der Waals surface area contributed by atoms with Gasteiger partial charge in [-0.3, -0.25) is 0 Å². The molecule has 90 valence electrons. The summed E-state index contributed by atoms with van der Waals surface area (Å²) >= 11 is 8.39. The maximum atomic E-state index is 6.17. The zero-order chi connectivity index (χ0) is 12.5. The summed E-state index contributed by atoms with van der Waals surface area (Å²) in [5.41, 5.74) is 1.05. The molecule has 1 heterocycles. The quantitative estimate of drug-likeness (QED) is 0.576. The Balaban J connectivity index is 3.33. The third-order valence-electron chi connectivity index (χ3n) is 2.59. The molecule has 0 amide bonds. The Labute approximate surface area is 116 Å². The summed E-state index contributed by atoms with van der Waals surface area (Å²) in [4.78, 5) is 9.04. The zero-order valence-corrected chi connectivity index (χ0v) is 13.3. The topological polar surface area (TPSA) is 25.8 Å². The van der Waals surface area contributed by atoms with Crippen LogP contribution in [-0.2, 0) is 5.41 Å². The smallest absolute Gasteiger partial charge is 0.146 e. The van der Waals surface area contributed by atoms with Gasteiger partial charge in [0, 0.05) is 11.3 Å². The van der Waals surface area contributed by atoms with Crippen molar-refractivity contribution in [3.63, 3.8) is 0 Å². The van der Waals surface area contributed by atoms with Gasteiger partial charge in [-0.15, -0.1) is 0 Å². The van der Waals surface area contributed by atoms with Gasteiger partial charge in [0.1, 0.15) is 11.0 Å². The molecular weight excluding hydrogens is 335 g/mol. The number of hydrogen-bond acceptors (Lipinski definition) is 2. The number of hydrogen-bond donors (Lipinski definition) is 0. The van der Waals surface area contributed by atoms with Crippen molar-refractivity contribution in [1.82, 2.24) is 9.97 Å². The van der Waals surface area contributed by atoms with Crippen molar-refractivity contribution in [2.24, 2.45) is 0 Å². The second-order valence-electron chi connectivity index (χ2n) is 5.09. The summed E-state index contributed by atoms with van der Waals surface area (Å²) in [5, 5.41) is 0.579. The molecule has 0 aliphatic heterocycles. The van der Waals surface area contributed by atoms with E-state index in [1.165, 1.54) is 0 Å². The van der Waals surface area contributed by atoms with Crippen molar-refractivity contribution in [2.75, 3.05) is 0 Å². The fourth-order valence-corrected chi connectivity index (χ4v) is 2.56. The van der Waals surface area contributed by atoms with Gasteiger partial charge in [0.25, 0.3) is 0 Å². The fourth-order valence-electron chi connectivity index (χ4n) is 1.34. The minimum Gasteiger partial charge on any atom is -0.236 e. The molecule has 0 saturated heterocycles. The highest BCUT2D eigenvalue weighted by atomic mass is 127. The van der Waals surface area contributed by atoms with Crippen LogP contribution in [0.5, 0.6) is 0 Å². The van der Waals surface area contributed by atoms with Crippen LogP contribution in [0.4, 0.5) is 0 Å². The normalized spacial score (nSPS) is 13.9. The molecule has 1 unspecified atom stereocenters. The molecule has 0 spiro atoms. The third-order valence-corrected chi connectivity index (χ3v) is 4.21. The van der Waals surface area contributed by atoms with Gasteiger partial charge in [-0.25, -0.2) is 9.97 Å². The van der Waals surface area contributed by atoms with Crippen molar-refractivity contribution < 1.29 is 0 Å². The molecule has 1 aromatic rings. The Bertz CT molecular complexity index is 385. The first kappa shape index (κ1) is 14.2. The van der Waals surface area contributed by atoms with Crippen LogP contribution in [0.15, 0.2) is 0 Å². The summed E-state index contributed by atoms with van der Waals surface area (Å²) < 4.78 is 0.971. The van der Waals surface area contributed by atoms with E-state index in [4.69, 9.17) is 11.6 Å². The molecule has 0 fully saturated rings. The van der Waals surface area contributed by atoms with Crippen molar-refractivity contribution in [3.05, 3.63) is 20.2 Å². The van der Waals surface area contributed by atoms with Gasteiger partial charge in [-0.2, -0.15) is 0 Å². The molecule has 0 radical (unpaired) electrons. The van der Waals surface area contributed by atoms with E-state index in [-0.39, 0.29) is 5.41 Å². The highest BCUT2D eigenvalue weighted by Crippen LogP contribution is 2.30. The SMILES string of the molecule is CCC(C)c1nc(Cl)c(I)c(C(C)(C)C)n1. The lowest BCUT2D eigenvalue weighted by Crippen LogP contribution is -2.18. The molecule has 1 atom stereocenters. The first-order valence-corrected chi connectivity index (χ1v) is 6.96. The molecule has 4 heteroatoms. The maximum Gasteiger partial charge on any atom is 0.146 e. The van der Waals surface area contributed by atoms with Crippen LogP contribution in [0.1, 0.15) is 58.5 Å². The lowest BCUT2D eigenvalue weighted by atomic mass is 9.92. The fraction of sp³-hybridized carbons (Fsp3) is 0.667. The largest absolute Gasteiger partial charge is 0.236 e. The van der Waals surface area contributed by atoms with Crippen molar-refractivity contribution in [2.45, 2.75) is 52.4 Å². The van der Waals surface area contributed by atoms with Gasteiger partial charge in [-0.05, 0) is 29.0 Å². The average Bonchev–Trinajstić information content (AvgIpc) is 2.18. The lowest BCUT2D eigenvalue weighted by Gasteiger charge is -2.21. The van der Waals surface area contributed by atoms with Crippen LogP contribution in [0.2, 0.25) is 5.15 Å². The maximum absolute atomic E-state index is 6.17. The van der Waals surface area contributed by atoms with Crippen LogP contribution in [0, 0.1) is 3.57 Å². The Hall–Kier alpha value is 0.1000. The number of halogens is 2. The number of nitrogens with zero attached hydrogens (tertiary/aromatic N) is 2. The molecular formula is C12H18ClIN2. The van der Waals surface area contributed by atoms with Crippen LogP contribution < -0.4 is 0 Å². The van der Waals surface area contributed by atoms with Gasteiger partial charge >= 0.3 is 0 Å². The Morgan fingerprint density at radius 3 is 2.31 bits per heavy atom. The van der Waals surface area contributed by atoms with E-state index >= 15 is 0 Å². The highest BCUT2D eigenvalue weighted by Gasteiger charge is 2.23. The van der Waals surface area contributed by atoms with Crippen LogP contribution in [-0.4, -0.2) is 9.97 Å². The molecule has 2 nitrogen and oxygen atoms in total. The van der Waals surface area contributed by atoms with Gasteiger partial charge in [0.05, 0.1) is 9.26 Å². The minimum absolute atomic E-state index is 0.00527. The molecule has 0 N–H and O–H groups in total. The predicted octanol–water partition coefficient (Wildman–Crippen LogP) is 4.55. The molecule has 0 aliphatic carbocycles. The zero-order valence-electron chi connectivity index (χ0n) is 10.4. The van der Waals surface area contributed by atoms with Gasteiger partial charge in [0.15, 0.2) is 0 Å². The Morgan fingerprint density at radius 2 is 1.88 bits per heavy atom. The number of rotatable bonds is 2. The van der Waals surface area contributed by atoms with Gasteiger partial charge in [-0.1, -0.05) is 46.2 Å².